The quantitative estimate of drug-likeness (QED) is 0.871. The summed E-state index contributed by atoms with van der Waals surface area (Å²) in [5.41, 5.74) is 1.10. The SMILES string of the molecule is CCC(C(=O)N1CCC(NC(=O)C2CCCCC2)CC1)c1ccccc1. The average molecular weight is 357 g/mol. The predicted molar refractivity (Wildman–Crippen MR) is 104 cm³/mol. The molecule has 1 unspecified atom stereocenters. The minimum absolute atomic E-state index is 0.0513. The van der Waals surface area contributed by atoms with Crippen LogP contribution in [0.5, 0.6) is 0 Å². The van der Waals surface area contributed by atoms with Crippen LogP contribution in [0.1, 0.15) is 69.8 Å². The number of nitrogens with zero attached hydrogens (tertiary/aromatic N) is 1. The van der Waals surface area contributed by atoms with Gasteiger partial charge in [-0.1, -0.05) is 56.5 Å². The molecule has 1 N–H and O–H groups in total. The van der Waals surface area contributed by atoms with Crippen LogP contribution in [0.2, 0.25) is 0 Å². The number of carbonyl (C=O) groups excluding carboxylic acids is 2. The van der Waals surface area contributed by atoms with Crippen LogP contribution in [-0.2, 0) is 9.59 Å². The van der Waals surface area contributed by atoms with Crippen LogP contribution in [0.3, 0.4) is 0 Å². The van der Waals surface area contributed by atoms with Crippen molar-refractivity contribution in [3.63, 3.8) is 0 Å². The Morgan fingerprint density at radius 1 is 1.04 bits per heavy atom. The molecule has 4 heteroatoms. The van der Waals surface area contributed by atoms with Crippen molar-refractivity contribution in [2.75, 3.05) is 13.1 Å². The number of rotatable bonds is 5. The van der Waals surface area contributed by atoms with Gasteiger partial charge in [0.1, 0.15) is 0 Å². The summed E-state index contributed by atoms with van der Waals surface area (Å²) in [6.07, 6.45) is 8.28. The molecule has 3 rings (SSSR count). The molecule has 1 aliphatic carbocycles. The first-order valence-corrected chi connectivity index (χ1v) is 10.3. The number of hydrogen-bond donors (Lipinski definition) is 1. The molecule has 0 radical (unpaired) electrons. The molecule has 2 amide bonds. The number of carbonyl (C=O) groups is 2. The average Bonchev–Trinajstić information content (AvgIpc) is 2.70. The van der Waals surface area contributed by atoms with E-state index in [1.807, 2.05) is 35.2 Å². The highest BCUT2D eigenvalue weighted by Gasteiger charge is 2.30. The lowest BCUT2D eigenvalue weighted by Gasteiger charge is -2.35. The summed E-state index contributed by atoms with van der Waals surface area (Å²) in [5, 5.41) is 3.25. The van der Waals surface area contributed by atoms with Crippen molar-refractivity contribution in [3.05, 3.63) is 35.9 Å². The molecule has 142 valence electrons. The molecule has 1 heterocycles. The van der Waals surface area contributed by atoms with Gasteiger partial charge in [0.25, 0.3) is 0 Å². The molecule has 2 fully saturated rings. The standard InChI is InChI=1S/C22H32N2O2/c1-2-20(17-9-5-3-6-10-17)22(26)24-15-13-19(14-16-24)23-21(25)18-11-7-4-8-12-18/h3,5-6,9-10,18-20H,2,4,7-8,11-16H2,1H3,(H,23,25). The minimum atomic E-state index is -0.0513. The van der Waals surface area contributed by atoms with Crippen molar-refractivity contribution in [2.24, 2.45) is 5.92 Å². The van der Waals surface area contributed by atoms with E-state index in [4.69, 9.17) is 0 Å². The lowest BCUT2D eigenvalue weighted by Crippen LogP contribution is -2.49. The van der Waals surface area contributed by atoms with Gasteiger partial charge in [-0.05, 0) is 37.7 Å². The maximum Gasteiger partial charge on any atom is 0.230 e. The van der Waals surface area contributed by atoms with Gasteiger partial charge >= 0.3 is 0 Å². The first kappa shape index (κ1) is 18.9. The van der Waals surface area contributed by atoms with Crippen LogP contribution in [-0.4, -0.2) is 35.8 Å². The molecule has 1 aliphatic heterocycles. The van der Waals surface area contributed by atoms with Crippen LogP contribution < -0.4 is 5.32 Å². The predicted octanol–water partition coefficient (Wildman–Crippen LogP) is 3.87. The lowest BCUT2D eigenvalue weighted by molar-refractivity contribution is -0.134. The zero-order valence-corrected chi connectivity index (χ0v) is 16.0. The summed E-state index contributed by atoms with van der Waals surface area (Å²) >= 11 is 0. The maximum atomic E-state index is 12.9. The van der Waals surface area contributed by atoms with Crippen LogP contribution >= 0.6 is 0 Å². The molecule has 1 aromatic rings. The second-order valence-electron chi connectivity index (χ2n) is 7.81. The molecular formula is C22H32N2O2. The van der Waals surface area contributed by atoms with Crippen molar-refractivity contribution in [3.8, 4) is 0 Å². The van der Waals surface area contributed by atoms with Crippen molar-refractivity contribution < 1.29 is 9.59 Å². The van der Waals surface area contributed by atoms with Gasteiger partial charge in [0, 0.05) is 25.0 Å². The fourth-order valence-electron chi connectivity index (χ4n) is 4.39. The summed E-state index contributed by atoms with van der Waals surface area (Å²) < 4.78 is 0. The maximum absolute atomic E-state index is 12.9. The normalized spacial score (nSPS) is 20.6. The van der Waals surface area contributed by atoms with Crippen LogP contribution in [0, 0.1) is 5.92 Å². The molecule has 1 saturated heterocycles. The van der Waals surface area contributed by atoms with E-state index in [-0.39, 0.29) is 29.7 Å². The van der Waals surface area contributed by atoms with Crippen molar-refractivity contribution in [1.82, 2.24) is 10.2 Å². The third-order valence-electron chi connectivity index (χ3n) is 6.04. The smallest absolute Gasteiger partial charge is 0.230 e. The molecule has 2 aliphatic rings. The van der Waals surface area contributed by atoms with E-state index in [1.165, 1.54) is 19.3 Å². The van der Waals surface area contributed by atoms with Crippen LogP contribution in [0.4, 0.5) is 0 Å². The Morgan fingerprint density at radius 2 is 1.69 bits per heavy atom. The van der Waals surface area contributed by atoms with Crippen LogP contribution in [0.15, 0.2) is 30.3 Å². The van der Waals surface area contributed by atoms with Crippen molar-refractivity contribution >= 4 is 11.8 Å². The van der Waals surface area contributed by atoms with E-state index < -0.39 is 0 Å². The molecule has 0 bridgehead atoms. The van der Waals surface area contributed by atoms with Gasteiger partial charge in [-0.2, -0.15) is 0 Å². The van der Waals surface area contributed by atoms with E-state index >= 15 is 0 Å². The second-order valence-corrected chi connectivity index (χ2v) is 7.81. The topological polar surface area (TPSA) is 49.4 Å². The lowest BCUT2D eigenvalue weighted by atomic mass is 9.88. The molecule has 0 aromatic heterocycles. The third kappa shape index (κ3) is 4.66. The Bertz CT molecular complexity index is 587. The largest absolute Gasteiger partial charge is 0.353 e. The van der Waals surface area contributed by atoms with Gasteiger partial charge in [-0.25, -0.2) is 0 Å². The molecule has 1 aromatic carbocycles. The fourth-order valence-corrected chi connectivity index (χ4v) is 4.39. The highest BCUT2D eigenvalue weighted by molar-refractivity contribution is 5.84. The first-order valence-electron chi connectivity index (χ1n) is 10.3. The van der Waals surface area contributed by atoms with Gasteiger partial charge in [-0.15, -0.1) is 0 Å². The first-order chi connectivity index (χ1) is 12.7. The Morgan fingerprint density at radius 3 is 2.31 bits per heavy atom. The Labute approximate surface area is 157 Å². The van der Waals surface area contributed by atoms with Gasteiger partial charge in [0.05, 0.1) is 5.92 Å². The summed E-state index contributed by atoms with van der Waals surface area (Å²) in [4.78, 5) is 27.4. The second kappa shape index (κ2) is 9.20. The minimum Gasteiger partial charge on any atom is -0.353 e. The number of benzene rings is 1. The number of likely N-dealkylation sites (tertiary alicyclic amines) is 1. The van der Waals surface area contributed by atoms with Crippen LogP contribution in [0.25, 0.3) is 0 Å². The molecule has 26 heavy (non-hydrogen) atoms. The summed E-state index contributed by atoms with van der Waals surface area (Å²) in [6.45, 7) is 3.57. The number of piperidine rings is 1. The monoisotopic (exact) mass is 356 g/mol. The Hall–Kier alpha value is -1.84. The Balaban J connectivity index is 1.49. The number of amides is 2. The van der Waals surface area contributed by atoms with Gasteiger partial charge < -0.3 is 10.2 Å². The third-order valence-corrected chi connectivity index (χ3v) is 6.04. The van der Waals surface area contributed by atoms with E-state index in [1.54, 1.807) is 0 Å². The van der Waals surface area contributed by atoms with E-state index in [9.17, 15) is 9.59 Å². The molecule has 4 nitrogen and oxygen atoms in total. The van der Waals surface area contributed by atoms with Crippen molar-refractivity contribution in [2.45, 2.75) is 70.3 Å². The van der Waals surface area contributed by atoms with Gasteiger partial charge in [-0.3, -0.25) is 9.59 Å². The zero-order valence-electron chi connectivity index (χ0n) is 16.0. The van der Waals surface area contributed by atoms with Gasteiger partial charge in [0.2, 0.25) is 11.8 Å². The molecule has 1 atom stereocenters. The Kier molecular flexibility index (Phi) is 6.70. The van der Waals surface area contributed by atoms with E-state index in [0.717, 1.165) is 50.8 Å². The van der Waals surface area contributed by atoms with E-state index in [0.29, 0.717) is 0 Å². The molecular weight excluding hydrogens is 324 g/mol. The summed E-state index contributed by atoms with van der Waals surface area (Å²) in [7, 11) is 0. The van der Waals surface area contributed by atoms with Gasteiger partial charge in [0.15, 0.2) is 0 Å². The molecule has 0 spiro atoms. The summed E-state index contributed by atoms with van der Waals surface area (Å²) in [6, 6.07) is 10.3. The molecule has 1 saturated carbocycles. The fraction of sp³-hybridized carbons (Fsp3) is 0.636. The van der Waals surface area contributed by atoms with Crippen molar-refractivity contribution in [1.29, 1.82) is 0 Å². The highest BCUT2D eigenvalue weighted by Crippen LogP contribution is 2.26. The summed E-state index contributed by atoms with van der Waals surface area (Å²) in [5.74, 6) is 0.636. The number of nitrogens with one attached hydrogen (secondary N) is 1. The van der Waals surface area contributed by atoms with E-state index in [2.05, 4.69) is 12.2 Å². The highest BCUT2D eigenvalue weighted by atomic mass is 16.2. The number of hydrogen-bond acceptors (Lipinski definition) is 2. The zero-order chi connectivity index (χ0) is 18.4.